The van der Waals surface area contributed by atoms with Crippen molar-refractivity contribution in [3.05, 3.63) is 70.9 Å². The molecule has 206 valence electrons. The van der Waals surface area contributed by atoms with Crippen LogP contribution in [-0.2, 0) is 20.7 Å². The average molecular weight is 531 g/mol. The van der Waals surface area contributed by atoms with Gasteiger partial charge < -0.3 is 25.3 Å². The number of nitrogens with zero attached hydrogens (tertiary/aromatic N) is 1. The van der Waals surface area contributed by atoms with Crippen LogP contribution in [0.2, 0.25) is 0 Å². The lowest BCUT2D eigenvalue weighted by molar-refractivity contribution is -0.133. The summed E-state index contributed by atoms with van der Waals surface area (Å²) in [6, 6.07) is 13.8. The van der Waals surface area contributed by atoms with Crippen LogP contribution in [0.1, 0.15) is 73.8 Å². The molecule has 0 saturated heterocycles. The zero-order valence-electron chi connectivity index (χ0n) is 23.1. The van der Waals surface area contributed by atoms with Crippen LogP contribution in [0, 0.1) is 5.92 Å². The Morgan fingerprint density at radius 2 is 1.85 bits per heavy atom. The molecule has 39 heavy (non-hydrogen) atoms. The number of carbonyl (C=O) groups is 3. The topological polar surface area (TPSA) is 104 Å². The summed E-state index contributed by atoms with van der Waals surface area (Å²) >= 11 is 0. The van der Waals surface area contributed by atoms with Gasteiger partial charge >= 0.3 is 0 Å². The number of hydrogen-bond donors (Lipinski definition) is 3. The number of hydrogen-bond acceptors (Lipinski definition) is 4. The lowest BCUT2D eigenvalue weighted by Crippen LogP contribution is -2.58. The normalized spacial score (nSPS) is 19.4. The highest BCUT2D eigenvalue weighted by atomic mass is 16.5. The van der Waals surface area contributed by atoms with E-state index in [2.05, 4.69) is 21.7 Å². The van der Waals surface area contributed by atoms with Gasteiger partial charge in [0.1, 0.15) is 12.1 Å². The first-order valence-corrected chi connectivity index (χ1v) is 14.0. The number of H-pyrrole nitrogens is 1. The maximum absolute atomic E-state index is 14.0. The fourth-order valence-corrected chi connectivity index (χ4v) is 5.80. The smallest absolute Gasteiger partial charge is 0.255 e. The van der Waals surface area contributed by atoms with E-state index >= 15 is 0 Å². The minimum Gasteiger partial charge on any atom is -0.379 e. The van der Waals surface area contributed by atoms with E-state index in [1.54, 1.807) is 4.90 Å². The summed E-state index contributed by atoms with van der Waals surface area (Å²) in [5.74, 6) is -0.746. The Hall–Kier alpha value is -3.65. The largest absolute Gasteiger partial charge is 0.379 e. The van der Waals surface area contributed by atoms with Crippen molar-refractivity contribution in [3.63, 3.8) is 0 Å². The highest BCUT2D eigenvalue weighted by molar-refractivity contribution is 6.04. The number of para-hydroxylation sites is 1. The van der Waals surface area contributed by atoms with Crippen LogP contribution >= 0.6 is 0 Å². The fourth-order valence-electron chi connectivity index (χ4n) is 5.80. The van der Waals surface area contributed by atoms with Gasteiger partial charge in [-0.15, -0.1) is 0 Å². The van der Waals surface area contributed by atoms with Crippen LogP contribution in [0.3, 0.4) is 0 Å². The number of ether oxygens (including phenoxy) is 1. The SMILES string of the molecule is CC[C@H](C)[C@H](NC(=O)[C@@H]1Cc2c([nH]c3ccccc23)[C@H]2c3ccccc3C(=O)N21)C(=O)NCCCOC(C)C. The van der Waals surface area contributed by atoms with Crippen LogP contribution in [0.4, 0.5) is 0 Å². The molecule has 3 heterocycles. The van der Waals surface area contributed by atoms with Gasteiger partial charge in [0.15, 0.2) is 0 Å². The number of rotatable bonds is 10. The number of aromatic nitrogens is 1. The van der Waals surface area contributed by atoms with E-state index in [-0.39, 0.29) is 35.8 Å². The number of amides is 3. The minimum atomic E-state index is -0.736. The van der Waals surface area contributed by atoms with Crippen molar-refractivity contribution in [3.8, 4) is 0 Å². The van der Waals surface area contributed by atoms with Gasteiger partial charge in [-0.25, -0.2) is 0 Å². The van der Waals surface area contributed by atoms with E-state index < -0.39 is 12.1 Å². The highest BCUT2D eigenvalue weighted by Crippen LogP contribution is 2.46. The van der Waals surface area contributed by atoms with Crippen LogP contribution < -0.4 is 10.6 Å². The van der Waals surface area contributed by atoms with Crippen LogP contribution in [0.25, 0.3) is 10.9 Å². The zero-order chi connectivity index (χ0) is 27.7. The molecule has 0 bridgehead atoms. The third-order valence-electron chi connectivity index (χ3n) is 8.02. The molecule has 0 saturated carbocycles. The highest BCUT2D eigenvalue weighted by Gasteiger charge is 2.49. The minimum absolute atomic E-state index is 0.0737. The molecule has 2 aromatic carbocycles. The second kappa shape index (κ2) is 11.2. The van der Waals surface area contributed by atoms with Crippen LogP contribution in [0.5, 0.6) is 0 Å². The van der Waals surface area contributed by atoms with E-state index in [4.69, 9.17) is 4.74 Å². The molecule has 3 amide bonds. The quantitative estimate of drug-likeness (QED) is 0.344. The molecular formula is C31H38N4O4. The Morgan fingerprint density at radius 1 is 1.10 bits per heavy atom. The van der Waals surface area contributed by atoms with Gasteiger partial charge in [-0.1, -0.05) is 56.7 Å². The first kappa shape index (κ1) is 26.9. The van der Waals surface area contributed by atoms with E-state index in [0.717, 1.165) is 34.1 Å². The van der Waals surface area contributed by atoms with E-state index in [1.807, 2.05) is 70.2 Å². The number of carbonyl (C=O) groups excluding carboxylic acids is 3. The summed E-state index contributed by atoms with van der Waals surface area (Å²) in [6.45, 7) is 8.95. The molecular weight excluding hydrogens is 492 g/mol. The number of benzene rings is 2. The summed E-state index contributed by atoms with van der Waals surface area (Å²) in [6.07, 6.45) is 1.94. The van der Waals surface area contributed by atoms with Gasteiger partial charge in [-0.05, 0) is 49.4 Å². The number of fused-ring (bicyclic) bond motifs is 7. The molecule has 8 heteroatoms. The molecule has 3 aromatic rings. The van der Waals surface area contributed by atoms with Gasteiger partial charge in [-0.3, -0.25) is 14.4 Å². The fraction of sp³-hybridized carbons (Fsp3) is 0.452. The summed E-state index contributed by atoms with van der Waals surface area (Å²) in [5.41, 5.74) is 4.50. The first-order chi connectivity index (χ1) is 18.8. The Morgan fingerprint density at radius 3 is 2.62 bits per heavy atom. The van der Waals surface area contributed by atoms with Gasteiger partial charge in [0.05, 0.1) is 12.1 Å². The summed E-state index contributed by atoms with van der Waals surface area (Å²) in [4.78, 5) is 46.1. The maximum atomic E-state index is 14.0. The molecule has 0 unspecified atom stereocenters. The average Bonchev–Trinajstić information content (AvgIpc) is 3.45. The van der Waals surface area contributed by atoms with E-state index in [0.29, 0.717) is 31.6 Å². The molecule has 0 spiro atoms. The predicted octanol–water partition coefficient (Wildman–Crippen LogP) is 4.10. The molecule has 0 radical (unpaired) electrons. The monoisotopic (exact) mass is 530 g/mol. The van der Waals surface area contributed by atoms with Gasteiger partial charge in [-0.2, -0.15) is 0 Å². The zero-order valence-corrected chi connectivity index (χ0v) is 23.1. The lowest BCUT2D eigenvalue weighted by atomic mass is 9.89. The molecule has 0 aliphatic carbocycles. The van der Waals surface area contributed by atoms with Crippen molar-refractivity contribution in [1.29, 1.82) is 0 Å². The number of nitrogens with one attached hydrogen (secondary N) is 3. The molecule has 5 rings (SSSR count). The van der Waals surface area contributed by atoms with Crippen molar-refractivity contribution in [2.45, 2.75) is 71.2 Å². The molecule has 2 aliphatic heterocycles. The van der Waals surface area contributed by atoms with Crippen molar-refractivity contribution in [1.82, 2.24) is 20.5 Å². The Balaban J connectivity index is 1.42. The van der Waals surface area contributed by atoms with Gasteiger partial charge in [0.25, 0.3) is 5.91 Å². The van der Waals surface area contributed by atoms with E-state index in [9.17, 15) is 14.4 Å². The molecule has 3 N–H and O–H groups in total. The summed E-state index contributed by atoms with van der Waals surface area (Å²) in [5, 5.41) is 7.06. The lowest BCUT2D eigenvalue weighted by Gasteiger charge is -2.38. The van der Waals surface area contributed by atoms with Crippen LogP contribution in [-0.4, -0.2) is 58.9 Å². The Kier molecular flexibility index (Phi) is 7.75. The molecule has 8 nitrogen and oxygen atoms in total. The molecule has 4 atom stereocenters. The molecule has 1 aromatic heterocycles. The van der Waals surface area contributed by atoms with Crippen molar-refractivity contribution in [2.24, 2.45) is 5.92 Å². The van der Waals surface area contributed by atoms with Crippen molar-refractivity contribution < 1.29 is 19.1 Å². The second-order valence-corrected chi connectivity index (χ2v) is 10.9. The van der Waals surface area contributed by atoms with E-state index in [1.165, 1.54) is 0 Å². The Labute approximate surface area is 229 Å². The summed E-state index contributed by atoms with van der Waals surface area (Å²) in [7, 11) is 0. The maximum Gasteiger partial charge on any atom is 0.255 e. The standard InChI is InChI=1S/C31H38N4O4/c1-5-19(4)26(30(37)32-15-10-16-39-18(2)3)34-29(36)25-17-23-20-11-8-9-14-24(20)33-27(23)28-21-12-6-7-13-22(21)31(38)35(25)28/h6-9,11-14,18-19,25-26,28,33H,5,10,15-17H2,1-4H3,(H,32,37)(H,34,36)/t19-,25-,26-,28+/m0/s1. The van der Waals surface area contributed by atoms with Crippen molar-refractivity contribution >= 4 is 28.6 Å². The van der Waals surface area contributed by atoms with Gasteiger partial charge in [0.2, 0.25) is 11.8 Å². The predicted molar refractivity (Wildman–Crippen MR) is 150 cm³/mol. The summed E-state index contributed by atoms with van der Waals surface area (Å²) < 4.78 is 5.56. The molecule has 0 fully saturated rings. The molecule has 2 aliphatic rings. The Bertz CT molecular complexity index is 1380. The second-order valence-electron chi connectivity index (χ2n) is 10.9. The number of aromatic amines is 1. The third-order valence-corrected chi connectivity index (χ3v) is 8.02. The third kappa shape index (κ3) is 5.05. The van der Waals surface area contributed by atoms with Gasteiger partial charge in [0, 0.05) is 41.7 Å². The van der Waals surface area contributed by atoms with Crippen molar-refractivity contribution in [2.75, 3.05) is 13.2 Å². The first-order valence-electron chi connectivity index (χ1n) is 14.0. The van der Waals surface area contributed by atoms with Crippen LogP contribution in [0.15, 0.2) is 48.5 Å².